The fourth-order valence-electron chi connectivity index (χ4n) is 2.50. The summed E-state index contributed by atoms with van der Waals surface area (Å²) in [6.07, 6.45) is 0. The zero-order chi connectivity index (χ0) is 20.6. The fourth-order valence-corrected chi connectivity index (χ4v) is 3.23. The Labute approximate surface area is 172 Å². The molecule has 7 nitrogen and oxygen atoms in total. The summed E-state index contributed by atoms with van der Waals surface area (Å²) in [6.45, 7) is 2.96. The second kappa shape index (κ2) is 9.92. The molecule has 0 unspecified atom stereocenters. The van der Waals surface area contributed by atoms with Crippen molar-refractivity contribution < 1.29 is 13.9 Å². The number of halogens is 1. The summed E-state index contributed by atoms with van der Waals surface area (Å²) in [5.74, 6) is 1.28. The average molecular weight is 415 g/mol. The predicted octanol–water partition coefficient (Wildman–Crippen LogP) is 3.70. The minimum Gasteiger partial charge on any atom is -0.494 e. The molecule has 0 aliphatic rings. The molecule has 2 aromatic carbocycles. The van der Waals surface area contributed by atoms with E-state index >= 15 is 0 Å². The summed E-state index contributed by atoms with van der Waals surface area (Å²) in [7, 11) is 1.84. The second-order valence-corrected chi connectivity index (χ2v) is 7.06. The van der Waals surface area contributed by atoms with Crippen molar-refractivity contribution in [2.24, 2.45) is 7.05 Å². The van der Waals surface area contributed by atoms with E-state index in [0.717, 1.165) is 11.4 Å². The molecule has 1 amide bonds. The molecule has 0 spiro atoms. The molecule has 0 atom stereocenters. The fraction of sp³-hybridized carbons (Fsp3) is 0.250. The third kappa shape index (κ3) is 5.95. The predicted molar refractivity (Wildman–Crippen MR) is 112 cm³/mol. The number of benzene rings is 2. The normalized spacial score (nSPS) is 10.6. The molecule has 29 heavy (non-hydrogen) atoms. The summed E-state index contributed by atoms with van der Waals surface area (Å²) in [6, 6.07) is 13.3. The lowest BCUT2D eigenvalue weighted by atomic mass is 10.3. The van der Waals surface area contributed by atoms with Gasteiger partial charge in [-0.2, -0.15) is 0 Å². The molecule has 3 aromatic rings. The molecule has 2 N–H and O–H groups in total. The molecule has 1 heterocycles. The SMILES string of the molecule is CCOc1ccc(NC(=O)CSc2nnc(CNc3ccc(F)cc3)n2C)cc1. The first kappa shape index (κ1) is 20.7. The molecule has 0 saturated carbocycles. The van der Waals surface area contributed by atoms with Gasteiger partial charge in [-0.3, -0.25) is 4.79 Å². The van der Waals surface area contributed by atoms with Gasteiger partial charge in [0, 0.05) is 18.4 Å². The van der Waals surface area contributed by atoms with E-state index in [1.807, 2.05) is 30.7 Å². The smallest absolute Gasteiger partial charge is 0.234 e. The van der Waals surface area contributed by atoms with Gasteiger partial charge in [-0.25, -0.2) is 4.39 Å². The third-order valence-corrected chi connectivity index (χ3v) is 5.02. The molecule has 1 aromatic heterocycles. The van der Waals surface area contributed by atoms with Crippen LogP contribution >= 0.6 is 11.8 Å². The number of nitrogens with one attached hydrogen (secondary N) is 2. The van der Waals surface area contributed by atoms with Crippen LogP contribution in [-0.2, 0) is 18.4 Å². The van der Waals surface area contributed by atoms with Crippen molar-refractivity contribution in [1.82, 2.24) is 14.8 Å². The zero-order valence-corrected chi connectivity index (χ0v) is 17.0. The van der Waals surface area contributed by atoms with Crippen LogP contribution in [0.25, 0.3) is 0 Å². The van der Waals surface area contributed by atoms with E-state index in [9.17, 15) is 9.18 Å². The molecule has 152 valence electrons. The quantitative estimate of drug-likeness (QED) is 0.519. The summed E-state index contributed by atoms with van der Waals surface area (Å²) in [5.41, 5.74) is 1.50. The number of carbonyl (C=O) groups excluding carboxylic acids is 1. The summed E-state index contributed by atoms with van der Waals surface area (Å²) < 4.78 is 20.2. The number of anilines is 2. The van der Waals surface area contributed by atoms with Gasteiger partial charge >= 0.3 is 0 Å². The second-order valence-electron chi connectivity index (χ2n) is 6.11. The van der Waals surface area contributed by atoms with Crippen LogP contribution < -0.4 is 15.4 Å². The Bertz CT molecular complexity index is 945. The minimum atomic E-state index is -0.281. The molecule has 0 radical (unpaired) electrons. The highest BCUT2D eigenvalue weighted by atomic mass is 32.2. The Morgan fingerprint density at radius 3 is 2.48 bits per heavy atom. The van der Waals surface area contributed by atoms with E-state index in [2.05, 4.69) is 20.8 Å². The molecule has 0 fully saturated rings. The van der Waals surface area contributed by atoms with Gasteiger partial charge in [0.1, 0.15) is 11.6 Å². The molecule has 0 bridgehead atoms. The number of amides is 1. The van der Waals surface area contributed by atoms with Crippen molar-refractivity contribution in [1.29, 1.82) is 0 Å². The third-order valence-electron chi connectivity index (χ3n) is 4.00. The molecule has 0 aliphatic heterocycles. The highest BCUT2D eigenvalue weighted by Gasteiger charge is 2.12. The first-order valence-electron chi connectivity index (χ1n) is 9.08. The Balaban J connectivity index is 1.49. The zero-order valence-electron chi connectivity index (χ0n) is 16.2. The van der Waals surface area contributed by atoms with Crippen LogP contribution in [0.2, 0.25) is 0 Å². The maximum Gasteiger partial charge on any atom is 0.234 e. The van der Waals surface area contributed by atoms with Crippen molar-refractivity contribution >= 4 is 29.0 Å². The van der Waals surface area contributed by atoms with Crippen LogP contribution in [0.5, 0.6) is 5.75 Å². The lowest BCUT2D eigenvalue weighted by molar-refractivity contribution is -0.113. The highest BCUT2D eigenvalue weighted by Crippen LogP contribution is 2.19. The van der Waals surface area contributed by atoms with Gasteiger partial charge < -0.3 is 19.9 Å². The van der Waals surface area contributed by atoms with E-state index in [0.29, 0.717) is 29.8 Å². The van der Waals surface area contributed by atoms with Crippen LogP contribution in [0, 0.1) is 5.82 Å². The van der Waals surface area contributed by atoms with E-state index in [4.69, 9.17) is 4.74 Å². The number of carbonyl (C=O) groups is 1. The van der Waals surface area contributed by atoms with Crippen LogP contribution in [0.4, 0.5) is 15.8 Å². The van der Waals surface area contributed by atoms with Crippen LogP contribution in [0.15, 0.2) is 53.7 Å². The highest BCUT2D eigenvalue weighted by molar-refractivity contribution is 7.99. The van der Waals surface area contributed by atoms with Crippen LogP contribution in [0.3, 0.4) is 0 Å². The molecular formula is C20H22FN5O2S. The molecule has 0 aliphatic carbocycles. The lowest BCUT2D eigenvalue weighted by Crippen LogP contribution is -2.14. The van der Waals surface area contributed by atoms with E-state index in [-0.39, 0.29) is 17.5 Å². The number of ether oxygens (including phenoxy) is 1. The Hall–Kier alpha value is -3.07. The number of hydrogen-bond acceptors (Lipinski definition) is 6. The number of hydrogen-bond donors (Lipinski definition) is 2. The summed E-state index contributed by atoms with van der Waals surface area (Å²) >= 11 is 1.31. The van der Waals surface area contributed by atoms with Crippen LogP contribution in [0.1, 0.15) is 12.7 Å². The molecule has 9 heteroatoms. The lowest BCUT2D eigenvalue weighted by Gasteiger charge is -2.08. The van der Waals surface area contributed by atoms with Gasteiger partial charge in [0.25, 0.3) is 0 Å². The van der Waals surface area contributed by atoms with Gasteiger partial charge in [0.05, 0.1) is 18.9 Å². The Morgan fingerprint density at radius 1 is 1.10 bits per heavy atom. The first-order chi connectivity index (χ1) is 14.0. The molecular weight excluding hydrogens is 393 g/mol. The maximum absolute atomic E-state index is 13.0. The summed E-state index contributed by atoms with van der Waals surface area (Å²) in [4.78, 5) is 12.2. The number of rotatable bonds is 9. The number of thioether (sulfide) groups is 1. The largest absolute Gasteiger partial charge is 0.494 e. The van der Waals surface area contributed by atoms with E-state index in [1.54, 1.807) is 24.3 Å². The first-order valence-corrected chi connectivity index (χ1v) is 10.1. The average Bonchev–Trinajstić information content (AvgIpc) is 3.07. The van der Waals surface area contributed by atoms with Crippen molar-refractivity contribution in [2.45, 2.75) is 18.6 Å². The molecule has 0 saturated heterocycles. The monoisotopic (exact) mass is 415 g/mol. The van der Waals surface area contributed by atoms with Gasteiger partial charge in [-0.15, -0.1) is 10.2 Å². The van der Waals surface area contributed by atoms with E-state index < -0.39 is 0 Å². The van der Waals surface area contributed by atoms with Gasteiger partial charge in [0.15, 0.2) is 11.0 Å². The van der Waals surface area contributed by atoms with Crippen molar-refractivity contribution in [2.75, 3.05) is 23.0 Å². The van der Waals surface area contributed by atoms with Gasteiger partial charge in [-0.1, -0.05) is 11.8 Å². The maximum atomic E-state index is 13.0. The minimum absolute atomic E-state index is 0.131. The van der Waals surface area contributed by atoms with Crippen molar-refractivity contribution in [3.05, 3.63) is 60.2 Å². The number of nitrogens with zero attached hydrogens (tertiary/aromatic N) is 3. The Morgan fingerprint density at radius 2 is 1.79 bits per heavy atom. The standard InChI is InChI=1S/C20H22FN5O2S/c1-3-28-17-10-8-16(9-11-17)23-19(27)13-29-20-25-24-18(26(20)2)12-22-15-6-4-14(21)5-7-15/h4-11,22H,3,12-13H2,1-2H3,(H,23,27). The summed E-state index contributed by atoms with van der Waals surface area (Å²) in [5, 5.41) is 14.9. The Kier molecular flexibility index (Phi) is 7.07. The van der Waals surface area contributed by atoms with Crippen molar-refractivity contribution in [3.63, 3.8) is 0 Å². The number of aromatic nitrogens is 3. The van der Waals surface area contributed by atoms with Crippen LogP contribution in [-0.4, -0.2) is 33.0 Å². The van der Waals surface area contributed by atoms with Gasteiger partial charge in [0.2, 0.25) is 5.91 Å². The molecule has 3 rings (SSSR count). The van der Waals surface area contributed by atoms with Gasteiger partial charge in [-0.05, 0) is 55.5 Å². The topological polar surface area (TPSA) is 81.1 Å². The van der Waals surface area contributed by atoms with E-state index in [1.165, 1.54) is 23.9 Å². The van der Waals surface area contributed by atoms with Crippen molar-refractivity contribution in [3.8, 4) is 5.75 Å².